The highest BCUT2D eigenvalue weighted by Gasteiger charge is 2.48. The SMILES string of the molecule is COc1cc(C(F)(F)C(=O)N2CCC[C@H]2COC(=O)N(CCc2ccccc2)CCc2c[nH]c3ccccc23)cc(OC)c1OC. The van der Waals surface area contributed by atoms with E-state index in [1.54, 1.807) is 4.90 Å². The predicted octanol–water partition coefficient (Wildman–Crippen LogP) is 6.20. The van der Waals surface area contributed by atoms with Gasteiger partial charge >= 0.3 is 12.0 Å². The van der Waals surface area contributed by atoms with Crippen LogP contribution in [0.2, 0.25) is 0 Å². The number of para-hydroxylation sites is 1. The highest BCUT2D eigenvalue weighted by molar-refractivity contribution is 5.86. The number of H-pyrrole nitrogens is 1. The number of ether oxygens (including phenoxy) is 4. The second kappa shape index (κ2) is 14.5. The summed E-state index contributed by atoms with van der Waals surface area (Å²) >= 11 is 0. The maximum Gasteiger partial charge on any atom is 0.409 e. The van der Waals surface area contributed by atoms with Crippen molar-refractivity contribution in [3.8, 4) is 17.2 Å². The van der Waals surface area contributed by atoms with E-state index >= 15 is 8.78 Å². The molecule has 1 N–H and O–H groups in total. The van der Waals surface area contributed by atoms with Crippen LogP contribution in [-0.4, -0.2) is 80.4 Å². The molecule has 0 spiro atoms. The Morgan fingerprint density at radius 1 is 0.935 bits per heavy atom. The number of aromatic nitrogens is 1. The summed E-state index contributed by atoms with van der Waals surface area (Å²) in [6.45, 7) is 0.752. The minimum atomic E-state index is -3.89. The first-order valence-corrected chi connectivity index (χ1v) is 15.3. The van der Waals surface area contributed by atoms with Gasteiger partial charge in [-0.1, -0.05) is 48.5 Å². The van der Waals surface area contributed by atoms with Crippen LogP contribution in [-0.2, 0) is 28.3 Å². The molecule has 1 aliphatic heterocycles. The van der Waals surface area contributed by atoms with Crippen LogP contribution in [0.25, 0.3) is 10.9 Å². The maximum absolute atomic E-state index is 15.7. The Balaban J connectivity index is 1.27. The molecule has 244 valence electrons. The molecule has 2 heterocycles. The second-order valence-electron chi connectivity index (χ2n) is 11.2. The first-order valence-electron chi connectivity index (χ1n) is 15.3. The lowest BCUT2D eigenvalue weighted by atomic mass is 10.0. The number of carbonyl (C=O) groups is 2. The Bertz CT molecular complexity index is 1620. The molecule has 1 atom stereocenters. The quantitative estimate of drug-likeness (QED) is 0.188. The van der Waals surface area contributed by atoms with Crippen molar-refractivity contribution in [1.82, 2.24) is 14.8 Å². The van der Waals surface area contributed by atoms with Crippen molar-refractivity contribution in [3.63, 3.8) is 0 Å². The molecule has 5 rings (SSSR count). The average molecular weight is 636 g/mol. The zero-order valence-corrected chi connectivity index (χ0v) is 26.3. The van der Waals surface area contributed by atoms with Crippen molar-refractivity contribution in [2.24, 2.45) is 0 Å². The highest BCUT2D eigenvalue weighted by Crippen LogP contribution is 2.43. The minimum absolute atomic E-state index is 0.0134. The Labute approximate surface area is 267 Å². The van der Waals surface area contributed by atoms with Crippen molar-refractivity contribution in [3.05, 3.63) is 89.6 Å². The smallest absolute Gasteiger partial charge is 0.409 e. The third kappa shape index (κ3) is 7.03. The summed E-state index contributed by atoms with van der Waals surface area (Å²) in [5.41, 5.74) is 2.59. The lowest BCUT2D eigenvalue weighted by Crippen LogP contribution is -2.47. The number of fused-ring (bicyclic) bond motifs is 1. The number of hydrogen-bond acceptors (Lipinski definition) is 6. The molecule has 9 nitrogen and oxygen atoms in total. The molecule has 3 aromatic carbocycles. The second-order valence-corrected chi connectivity index (χ2v) is 11.2. The predicted molar refractivity (Wildman–Crippen MR) is 170 cm³/mol. The molecule has 0 bridgehead atoms. The van der Waals surface area contributed by atoms with E-state index in [-0.39, 0.29) is 30.4 Å². The van der Waals surface area contributed by atoms with E-state index in [2.05, 4.69) is 4.98 Å². The molecule has 46 heavy (non-hydrogen) atoms. The van der Waals surface area contributed by atoms with E-state index in [1.807, 2.05) is 60.8 Å². The van der Waals surface area contributed by atoms with E-state index < -0.39 is 29.5 Å². The zero-order chi connectivity index (χ0) is 32.7. The number of methoxy groups -OCH3 is 3. The van der Waals surface area contributed by atoms with Gasteiger partial charge in [0.2, 0.25) is 5.75 Å². The Morgan fingerprint density at radius 3 is 2.30 bits per heavy atom. The maximum atomic E-state index is 15.7. The Morgan fingerprint density at radius 2 is 1.61 bits per heavy atom. The number of alkyl halides is 2. The molecule has 1 aromatic heterocycles. The zero-order valence-electron chi connectivity index (χ0n) is 26.3. The van der Waals surface area contributed by atoms with Crippen molar-refractivity contribution >= 4 is 22.9 Å². The first-order chi connectivity index (χ1) is 22.3. The Hall–Kier alpha value is -4.80. The van der Waals surface area contributed by atoms with E-state index in [1.165, 1.54) is 21.3 Å². The molecule has 0 saturated carbocycles. The molecule has 2 amide bonds. The van der Waals surface area contributed by atoms with Crippen molar-refractivity contribution in [1.29, 1.82) is 0 Å². The van der Waals surface area contributed by atoms with Gasteiger partial charge in [0.15, 0.2) is 11.5 Å². The molecular weight excluding hydrogens is 596 g/mol. The van der Waals surface area contributed by atoms with Crippen molar-refractivity contribution in [2.45, 2.75) is 37.6 Å². The largest absolute Gasteiger partial charge is 0.493 e. The number of nitrogens with zero attached hydrogens (tertiary/aromatic N) is 2. The summed E-state index contributed by atoms with van der Waals surface area (Å²) in [5, 5.41) is 1.09. The molecule has 11 heteroatoms. The number of likely N-dealkylation sites (tertiary alicyclic amines) is 1. The number of carbonyl (C=O) groups excluding carboxylic acids is 2. The molecule has 0 unspecified atom stereocenters. The van der Waals surface area contributed by atoms with Gasteiger partial charge in [0.25, 0.3) is 5.91 Å². The number of aromatic amines is 1. The van der Waals surface area contributed by atoms with Crippen molar-refractivity contribution < 1.29 is 37.3 Å². The number of rotatable bonds is 13. The number of nitrogens with one attached hydrogen (secondary N) is 1. The molecular formula is C35H39F2N3O6. The van der Waals surface area contributed by atoms with Gasteiger partial charge in [0.1, 0.15) is 6.61 Å². The monoisotopic (exact) mass is 635 g/mol. The first kappa shape index (κ1) is 32.6. The van der Waals surface area contributed by atoms with Gasteiger partial charge in [-0.3, -0.25) is 4.79 Å². The topological polar surface area (TPSA) is 93.3 Å². The van der Waals surface area contributed by atoms with E-state index in [9.17, 15) is 9.59 Å². The van der Waals surface area contributed by atoms with E-state index in [4.69, 9.17) is 18.9 Å². The van der Waals surface area contributed by atoms with Gasteiger partial charge in [-0.25, -0.2) is 4.79 Å². The van der Waals surface area contributed by atoms with E-state index in [0.717, 1.165) is 39.1 Å². The standard InChI is InChI=1S/C35H39F2N3O6/c1-43-30-20-26(21-31(44-2)32(30)45-3)35(36,37)33(41)40-17-9-12-27(40)23-46-34(42)39(18-15-24-10-5-4-6-11-24)19-16-25-22-38-29-14-8-7-13-28(25)29/h4-8,10-11,13-14,20-22,27,38H,9,12,15-19,23H2,1-3H3/t27-/m0/s1. The van der Waals surface area contributed by atoms with Crippen LogP contribution in [0.15, 0.2) is 72.9 Å². The molecule has 1 saturated heterocycles. The van der Waals surface area contributed by atoms with Crippen LogP contribution >= 0.6 is 0 Å². The molecule has 0 aliphatic carbocycles. The lowest BCUT2D eigenvalue weighted by molar-refractivity contribution is -0.160. The molecule has 0 radical (unpaired) electrons. The van der Waals surface area contributed by atoms with Gasteiger partial charge in [0, 0.05) is 42.3 Å². The van der Waals surface area contributed by atoms with Gasteiger partial charge in [-0.15, -0.1) is 0 Å². The Kier molecular flexibility index (Phi) is 10.3. The van der Waals surface area contributed by atoms with Crippen LogP contribution in [0, 0.1) is 0 Å². The molecule has 1 fully saturated rings. The summed E-state index contributed by atoms with van der Waals surface area (Å²) < 4.78 is 52.8. The molecule has 1 aliphatic rings. The summed E-state index contributed by atoms with van der Waals surface area (Å²) in [4.78, 5) is 32.8. The van der Waals surface area contributed by atoms with E-state index in [0.29, 0.717) is 38.8 Å². The van der Waals surface area contributed by atoms with Gasteiger partial charge in [-0.2, -0.15) is 8.78 Å². The van der Waals surface area contributed by atoms with Gasteiger partial charge in [-0.05, 0) is 55.0 Å². The molecule has 4 aromatic rings. The number of halogens is 2. The minimum Gasteiger partial charge on any atom is -0.493 e. The van der Waals surface area contributed by atoms with Crippen LogP contribution in [0.4, 0.5) is 13.6 Å². The van der Waals surface area contributed by atoms with Crippen LogP contribution in [0.1, 0.15) is 29.5 Å². The number of benzene rings is 3. The summed E-state index contributed by atoms with van der Waals surface area (Å²) in [6, 6.07) is 19.3. The van der Waals surface area contributed by atoms with Crippen LogP contribution < -0.4 is 14.2 Å². The normalized spacial score (nSPS) is 14.7. The summed E-state index contributed by atoms with van der Waals surface area (Å²) in [7, 11) is 4.00. The fourth-order valence-electron chi connectivity index (χ4n) is 5.90. The fourth-order valence-corrected chi connectivity index (χ4v) is 5.90. The van der Waals surface area contributed by atoms with Crippen molar-refractivity contribution in [2.75, 3.05) is 47.6 Å². The highest BCUT2D eigenvalue weighted by atomic mass is 19.3. The number of amides is 2. The summed E-state index contributed by atoms with van der Waals surface area (Å²) in [5.74, 6) is -5.09. The van der Waals surface area contributed by atoms with Crippen LogP contribution in [0.5, 0.6) is 17.2 Å². The van der Waals surface area contributed by atoms with Crippen LogP contribution in [0.3, 0.4) is 0 Å². The average Bonchev–Trinajstić information content (AvgIpc) is 3.73. The summed E-state index contributed by atoms with van der Waals surface area (Å²) in [6.07, 6.45) is 3.57. The van der Waals surface area contributed by atoms with Gasteiger partial charge < -0.3 is 33.7 Å². The third-order valence-electron chi connectivity index (χ3n) is 8.43. The third-order valence-corrected chi connectivity index (χ3v) is 8.43. The number of hydrogen-bond donors (Lipinski definition) is 1. The van der Waals surface area contributed by atoms with Gasteiger partial charge in [0.05, 0.1) is 27.4 Å². The lowest BCUT2D eigenvalue weighted by Gasteiger charge is -2.30. The fraction of sp³-hybridized carbons (Fsp3) is 0.371.